The van der Waals surface area contributed by atoms with Gasteiger partial charge in [-0.05, 0) is 41.8 Å². The molecule has 176 valence electrons. The number of amides is 1. The number of rotatable bonds is 3. The van der Waals surface area contributed by atoms with Crippen molar-refractivity contribution in [3.05, 3.63) is 92.4 Å². The first kappa shape index (κ1) is 21.8. The molecule has 5 nitrogen and oxygen atoms in total. The summed E-state index contributed by atoms with van der Waals surface area (Å²) in [6.45, 7) is 2.39. The highest BCUT2D eigenvalue weighted by atomic mass is 79.9. The summed E-state index contributed by atoms with van der Waals surface area (Å²) in [5.41, 5.74) is 2.93. The average Bonchev–Trinajstić information content (AvgIpc) is 3.07. The summed E-state index contributed by atoms with van der Waals surface area (Å²) in [6, 6.07) is 21.7. The molecule has 1 amide bonds. The van der Waals surface area contributed by atoms with Crippen molar-refractivity contribution in [1.82, 2.24) is 4.90 Å². The predicted octanol–water partition coefficient (Wildman–Crippen LogP) is 5.60. The van der Waals surface area contributed by atoms with Gasteiger partial charge in [0.25, 0.3) is 0 Å². The molecule has 2 heterocycles. The fourth-order valence-electron chi connectivity index (χ4n) is 7.22. The Morgan fingerprint density at radius 1 is 1.09 bits per heavy atom. The number of fused-ring (bicyclic) bond motifs is 10. The van der Waals surface area contributed by atoms with Gasteiger partial charge >= 0.3 is 5.97 Å². The highest BCUT2D eigenvalue weighted by molar-refractivity contribution is 9.10. The monoisotopic (exact) mass is 593 g/mol. The molecule has 4 aliphatic rings. The Morgan fingerprint density at radius 3 is 2.66 bits per heavy atom. The molecule has 5 atom stereocenters. The number of nitrogens with zero attached hydrogens (tertiary/aromatic N) is 1. The summed E-state index contributed by atoms with van der Waals surface area (Å²) in [5, 5.41) is 0. The number of ether oxygens (including phenoxy) is 2. The predicted molar refractivity (Wildman–Crippen MR) is 136 cm³/mol. The van der Waals surface area contributed by atoms with Gasteiger partial charge in [-0.1, -0.05) is 80.4 Å². The summed E-state index contributed by atoms with van der Waals surface area (Å²) in [6.07, 6.45) is -0.502. The molecule has 1 spiro atoms. The van der Waals surface area contributed by atoms with E-state index in [9.17, 15) is 9.59 Å². The Bertz CT molecular complexity index is 1430. The van der Waals surface area contributed by atoms with E-state index in [1.165, 1.54) is 0 Å². The van der Waals surface area contributed by atoms with E-state index in [0.717, 1.165) is 36.8 Å². The third-order valence-electron chi connectivity index (χ3n) is 8.26. The van der Waals surface area contributed by atoms with Crippen LogP contribution in [-0.4, -0.2) is 36.0 Å². The number of esters is 1. The van der Waals surface area contributed by atoms with Crippen LogP contribution in [0, 0.1) is 11.3 Å². The molecule has 35 heavy (non-hydrogen) atoms. The fourth-order valence-corrected chi connectivity index (χ4v) is 8.16. The molecule has 0 bridgehead atoms. The second kappa shape index (κ2) is 7.28. The van der Waals surface area contributed by atoms with E-state index in [2.05, 4.69) is 50.1 Å². The van der Waals surface area contributed by atoms with Crippen LogP contribution in [0.2, 0.25) is 0 Å². The average molecular weight is 595 g/mol. The van der Waals surface area contributed by atoms with Crippen LogP contribution >= 0.6 is 31.9 Å². The Balaban J connectivity index is 1.47. The molecule has 7 heteroatoms. The van der Waals surface area contributed by atoms with E-state index in [0.29, 0.717) is 6.61 Å². The summed E-state index contributed by atoms with van der Waals surface area (Å²) >= 11 is 7.36. The molecule has 0 radical (unpaired) electrons. The molecule has 2 saturated heterocycles. The van der Waals surface area contributed by atoms with Crippen LogP contribution in [0.25, 0.3) is 11.1 Å². The van der Waals surface area contributed by atoms with E-state index in [4.69, 9.17) is 9.47 Å². The standard InChI is InChI=1S/C28H21Br2NO4/c1-2-34-26(33)28-23(21-14-35-24(31(21)25(28)32)15-7-4-3-5-8-15)27(28)18-12-11-16(29)13-17(18)22-19(27)9-6-10-20(22)30/h3-13,21,23-24H,2,14H2,1H3/t21-,23+,24-,27?,28-/m1/s1. The van der Waals surface area contributed by atoms with E-state index < -0.39 is 23.0 Å². The maximum Gasteiger partial charge on any atom is 0.323 e. The lowest BCUT2D eigenvalue weighted by atomic mass is 9.81. The van der Waals surface area contributed by atoms with Crippen molar-refractivity contribution >= 4 is 43.7 Å². The Morgan fingerprint density at radius 2 is 1.89 bits per heavy atom. The lowest BCUT2D eigenvalue weighted by Gasteiger charge is -2.32. The van der Waals surface area contributed by atoms with E-state index >= 15 is 0 Å². The van der Waals surface area contributed by atoms with Gasteiger partial charge in [0, 0.05) is 26.0 Å². The van der Waals surface area contributed by atoms with Gasteiger partial charge in [-0.3, -0.25) is 9.59 Å². The number of benzene rings is 3. The molecular weight excluding hydrogens is 574 g/mol. The van der Waals surface area contributed by atoms with Crippen LogP contribution in [0.4, 0.5) is 0 Å². The van der Waals surface area contributed by atoms with Crippen molar-refractivity contribution in [2.24, 2.45) is 11.3 Å². The van der Waals surface area contributed by atoms with Crippen LogP contribution < -0.4 is 0 Å². The highest BCUT2D eigenvalue weighted by Gasteiger charge is 2.94. The zero-order valence-corrected chi connectivity index (χ0v) is 22.0. The maximum absolute atomic E-state index is 14.5. The van der Waals surface area contributed by atoms with Crippen molar-refractivity contribution in [3.8, 4) is 11.1 Å². The van der Waals surface area contributed by atoms with Crippen molar-refractivity contribution in [3.63, 3.8) is 0 Å². The molecule has 0 aromatic heterocycles. The maximum atomic E-state index is 14.5. The van der Waals surface area contributed by atoms with Crippen LogP contribution in [0.15, 0.2) is 75.7 Å². The number of halogens is 2. The molecule has 0 N–H and O–H groups in total. The first-order chi connectivity index (χ1) is 17.0. The Hall–Kier alpha value is -2.48. The van der Waals surface area contributed by atoms with Crippen LogP contribution in [0.5, 0.6) is 0 Å². The number of carbonyl (C=O) groups is 2. The Labute approximate surface area is 219 Å². The number of carbonyl (C=O) groups excluding carboxylic acids is 2. The molecule has 7 rings (SSSR count). The summed E-state index contributed by atoms with van der Waals surface area (Å²) in [4.78, 5) is 30.2. The molecule has 1 unspecified atom stereocenters. The third kappa shape index (κ3) is 2.38. The van der Waals surface area contributed by atoms with E-state index in [-0.39, 0.29) is 24.5 Å². The van der Waals surface area contributed by atoms with Crippen molar-refractivity contribution in [2.45, 2.75) is 24.6 Å². The number of piperidine rings is 1. The minimum Gasteiger partial charge on any atom is -0.465 e. The summed E-state index contributed by atoms with van der Waals surface area (Å²) in [7, 11) is 0. The number of hydrogen-bond donors (Lipinski definition) is 0. The second-order valence-corrected chi connectivity index (χ2v) is 11.3. The van der Waals surface area contributed by atoms with Crippen molar-refractivity contribution in [2.75, 3.05) is 13.2 Å². The molecule has 3 fully saturated rings. The highest BCUT2D eigenvalue weighted by Crippen LogP contribution is 2.83. The van der Waals surface area contributed by atoms with Crippen molar-refractivity contribution in [1.29, 1.82) is 0 Å². The minimum absolute atomic E-state index is 0.195. The van der Waals surface area contributed by atoms with Gasteiger partial charge in [-0.25, -0.2) is 0 Å². The SMILES string of the molecule is CCOC(=O)[C@]12C(=O)N3[C@@H](c4ccccc4)OC[C@@H]3[C@H]1C21c2ccc(Br)cc2-c2c(Br)cccc21. The minimum atomic E-state index is -1.31. The Kier molecular flexibility index (Phi) is 4.53. The largest absolute Gasteiger partial charge is 0.465 e. The van der Waals surface area contributed by atoms with Gasteiger partial charge in [0.05, 0.1) is 24.7 Å². The zero-order valence-electron chi connectivity index (χ0n) is 18.8. The fraction of sp³-hybridized carbons (Fsp3) is 0.286. The summed E-state index contributed by atoms with van der Waals surface area (Å²) < 4.78 is 13.8. The van der Waals surface area contributed by atoms with Crippen molar-refractivity contribution < 1.29 is 19.1 Å². The number of hydrogen-bond acceptors (Lipinski definition) is 4. The van der Waals surface area contributed by atoms with Gasteiger partial charge in [-0.15, -0.1) is 0 Å². The van der Waals surface area contributed by atoms with Gasteiger partial charge < -0.3 is 14.4 Å². The quantitative estimate of drug-likeness (QED) is 0.293. The third-order valence-corrected chi connectivity index (χ3v) is 9.41. The smallest absolute Gasteiger partial charge is 0.323 e. The molecule has 3 aromatic carbocycles. The molecule has 2 aliphatic heterocycles. The van der Waals surface area contributed by atoms with Gasteiger partial charge in [0.15, 0.2) is 11.6 Å². The molecule has 2 aliphatic carbocycles. The van der Waals surface area contributed by atoms with Gasteiger partial charge in [0.2, 0.25) is 5.91 Å². The van der Waals surface area contributed by atoms with Gasteiger partial charge in [-0.2, -0.15) is 0 Å². The lowest BCUT2D eigenvalue weighted by molar-refractivity contribution is -0.159. The van der Waals surface area contributed by atoms with Crippen LogP contribution in [-0.2, 0) is 24.5 Å². The lowest BCUT2D eigenvalue weighted by Crippen LogP contribution is -2.45. The van der Waals surface area contributed by atoms with E-state index in [1.807, 2.05) is 48.5 Å². The second-order valence-electron chi connectivity index (χ2n) is 9.54. The zero-order chi connectivity index (χ0) is 24.1. The van der Waals surface area contributed by atoms with Crippen LogP contribution in [0.1, 0.15) is 29.8 Å². The first-order valence-electron chi connectivity index (χ1n) is 11.8. The first-order valence-corrected chi connectivity index (χ1v) is 13.3. The molecule has 3 aromatic rings. The normalized spacial score (nSPS) is 31.2. The summed E-state index contributed by atoms with van der Waals surface area (Å²) in [5.74, 6) is -0.900. The molecular formula is C28H21Br2NO4. The van der Waals surface area contributed by atoms with Crippen LogP contribution in [0.3, 0.4) is 0 Å². The van der Waals surface area contributed by atoms with E-state index in [1.54, 1.807) is 11.8 Å². The molecule has 1 saturated carbocycles. The topological polar surface area (TPSA) is 55.8 Å². The van der Waals surface area contributed by atoms with Gasteiger partial charge in [0.1, 0.15) is 0 Å².